The van der Waals surface area contributed by atoms with Gasteiger partial charge in [0, 0.05) is 29.1 Å². The fourth-order valence-corrected chi connectivity index (χ4v) is 3.06. The SMILES string of the molecule is CSc1ccc(C(=O)N2CCCCC2C(C)N)cc1. The van der Waals surface area contributed by atoms with E-state index in [1.54, 1.807) is 11.8 Å². The van der Waals surface area contributed by atoms with E-state index in [1.807, 2.05) is 42.3 Å². The first-order valence-electron chi connectivity index (χ1n) is 6.84. The Labute approximate surface area is 119 Å². The van der Waals surface area contributed by atoms with Crippen LogP contribution in [0, 0.1) is 0 Å². The zero-order valence-electron chi connectivity index (χ0n) is 11.6. The maximum absolute atomic E-state index is 12.6. The summed E-state index contributed by atoms with van der Waals surface area (Å²) < 4.78 is 0. The summed E-state index contributed by atoms with van der Waals surface area (Å²) in [5.74, 6) is 0.120. The van der Waals surface area contributed by atoms with Gasteiger partial charge in [-0.1, -0.05) is 0 Å². The van der Waals surface area contributed by atoms with Gasteiger partial charge in [-0.2, -0.15) is 0 Å². The second-order valence-electron chi connectivity index (χ2n) is 5.15. The second-order valence-corrected chi connectivity index (χ2v) is 6.03. The molecule has 2 atom stereocenters. The highest BCUT2D eigenvalue weighted by Gasteiger charge is 2.29. The first-order chi connectivity index (χ1) is 9.13. The minimum absolute atomic E-state index is 0.0368. The van der Waals surface area contributed by atoms with Crippen molar-refractivity contribution in [2.24, 2.45) is 5.73 Å². The summed E-state index contributed by atoms with van der Waals surface area (Å²) in [7, 11) is 0. The Kier molecular flexibility index (Phi) is 4.88. The smallest absolute Gasteiger partial charge is 0.254 e. The van der Waals surface area contributed by atoms with Crippen molar-refractivity contribution in [3.63, 3.8) is 0 Å². The van der Waals surface area contributed by atoms with E-state index in [9.17, 15) is 4.79 Å². The summed E-state index contributed by atoms with van der Waals surface area (Å²) in [6.07, 6.45) is 5.30. The quantitative estimate of drug-likeness (QED) is 0.865. The molecular weight excluding hydrogens is 256 g/mol. The van der Waals surface area contributed by atoms with Gasteiger partial charge in [-0.25, -0.2) is 0 Å². The summed E-state index contributed by atoms with van der Waals surface area (Å²) in [6.45, 7) is 2.82. The van der Waals surface area contributed by atoms with Gasteiger partial charge in [-0.05, 0) is 56.7 Å². The van der Waals surface area contributed by atoms with E-state index in [-0.39, 0.29) is 18.0 Å². The predicted octanol–water partition coefficient (Wildman–Crippen LogP) is 2.75. The molecule has 0 bridgehead atoms. The van der Waals surface area contributed by atoms with Crippen molar-refractivity contribution in [2.45, 2.75) is 43.2 Å². The Bertz CT molecular complexity index is 430. The number of rotatable bonds is 3. The minimum Gasteiger partial charge on any atom is -0.334 e. The maximum Gasteiger partial charge on any atom is 0.254 e. The van der Waals surface area contributed by atoms with Crippen LogP contribution in [0.4, 0.5) is 0 Å². The van der Waals surface area contributed by atoms with Crippen LogP contribution in [0.2, 0.25) is 0 Å². The molecule has 1 aromatic rings. The molecule has 0 saturated carbocycles. The van der Waals surface area contributed by atoms with Gasteiger partial charge in [-0.15, -0.1) is 11.8 Å². The number of nitrogens with two attached hydrogens (primary N) is 1. The van der Waals surface area contributed by atoms with E-state index in [2.05, 4.69) is 0 Å². The lowest BCUT2D eigenvalue weighted by molar-refractivity contribution is 0.0584. The lowest BCUT2D eigenvalue weighted by atomic mass is 9.96. The molecule has 0 spiro atoms. The first kappa shape index (κ1) is 14.4. The fraction of sp³-hybridized carbons (Fsp3) is 0.533. The molecule has 0 aromatic heterocycles. The molecule has 19 heavy (non-hydrogen) atoms. The number of nitrogens with zero attached hydrogens (tertiary/aromatic N) is 1. The summed E-state index contributed by atoms with van der Waals surface area (Å²) in [6, 6.07) is 8.06. The molecule has 4 heteroatoms. The summed E-state index contributed by atoms with van der Waals surface area (Å²) in [4.78, 5) is 15.7. The summed E-state index contributed by atoms with van der Waals surface area (Å²) in [5, 5.41) is 0. The van der Waals surface area contributed by atoms with Crippen LogP contribution in [0.3, 0.4) is 0 Å². The predicted molar refractivity (Wildman–Crippen MR) is 80.5 cm³/mol. The van der Waals surface area contributed by atoms with E-state index >= 15 is 0 Å². The molecular formula is C15H22N2OS. The Hall–Kier alpha value is -1.00. The standard InChI is InChI=1S/C15H22N2OS/c1-11(16)14-5-3-4-10-17(14)15(18)12-6-8-13(19-2)9-7-12/h6-9,11,14H,3-5,10,16H2,1-2H3. The number of carbonyl (C=O) groups is 1. The van der Waals surface area contributed by atoms with Crippen molar-refractivity contribution in [3.8, 4) is 0 Å². The van der Waals surface area contributed by atoms with Gasteiger partial charge in [-0.3, -0.25) is 4.79 Å². The normalized spacial score (nSPS) is 21.2. The summed E-state index contributed by atoms with van der Waals surface area (Å²) >= 11 is 1.69. The van der Waals surface area contributed by atoms with Gasteiger partial charge >= 0.3 is 0 Å². The number of hydrogen-bond acceptors (Lipinski definition) is 3. The molecule has 1 aliphatic rings. The topological polar surface area (TPSA) is 46.3 Å². The highest BCUT2D eigenvalue weighted by Crippen LogP contribution is 2.22. The average Bonchev–Trinajstić information content (AvgIpc) is 2.46. The van der Waals surface area contributed by atoms with Crippen molar-refractivity contribution in [3.05, 3.63) is 29.8 Å². The van der Waals surface area contributed by atoms with Gasteiger partial charge in [0.05, 0.1) is 0 Å². The fourth-order valence-electron chi connectivity index (χ4n) is 2.66. The number of benzene rings is 1. The molecule has 3 nitrogen and oxygen atoms in total. The maximum atomic E-state index is 12.6. The van der Waals surface area contributed by atoms with Crippen LogP contribution in [-0.2, 0) is 0 Å². The Morgan fingerprint density at radius 1 is 1.37 bits per heavy atom. The highest BCUT2D eigenvalue weighted by molar-refractivity contribution is 7.98. The number of likely N-dealkylation sites (tertiary alicyclic amines) is 1. The zero-order chi connectivity index (χ0) is 13.8. The largest absolute Gasteiger partial charge is 0.334 e. The van der Waals surface area contributed by atoms with Crippen molar-refractivity contribution < 1.29 is 4.79 Å². The van der Waals surface area contributed by atoms with Gasteiger partial charge in [0.25, 0.3) is 5.91 Å². The molecule has 1 saturated heterocycles. The van der Waals surface area contributed by atoms with Gasteiger partial charge in [0.2, 0.25) is 0 Å². The van der Waals surface area contributed by atoms with Crippen molar-refractivity contribution in [1.29, 1.82) is 0 Å². The highest BCUT2D eigenvalue weighted by atomic mass is 32.2. The van der Waals surface area contributed by atoms with Crippen LogP contribution in [0.15, 0.2) is 29.2 Å². The van der Waals surface area contributed by atoms with Gasteiger partial charge in [0.15, 0.2) is 0 Å². The molecule has 104 valence electrons. The third kappa shape index (κ3) is 3.31. The Balaban J connectivity index is 2.16. The molecule has 1 fully saturated rings. The molecule has 1 heterocycles. The first-order valence-corrected chi connectivity index (χ1v) is 8.06. The second kappa shape index (κ2) is 6.44. The van der Waals surface area contributed by atoms with Crippen LogP contribution in [-0.4, -0.2) is 35.7 Å². The van der Waals surface area contributed by atoms with E-state index < -0.39 is 0 Å². The molecule has 2 N–H and O–H groups in total. The van der Waals surface area contributed by atoms with Crippen LogP contribution in [0.25, 0.3) is 0 Å². The number of thioether (sulfide) groups is 1. The third-order valence-electron chi connectivity index (χ3n) is 3.75. The minimum atomic E-state index is 0.0368. The summed E-state index contributed by atoms with van der Waals surface area (Å²) in [5.41, 5.74) is 6.79. The van der Waals surface area contributed by atoms with Crippen LogP contribution < -0.4 is 5.73 Å². The molecule has 0 radical (unpaired) electrons. The zero-order valence-corrected chi connectivity index (χ0v) is 12.5. The number of piperidine rings is 1. The molecule has 0 aliphatic carbocycles. The van der Waals surface area contributed by atoms with Gasteiger partial charge < -0.3 is 10.6 Å². The van der Waals surface area contributed by atoms with Crippen molar-refractivity contribution in [2.75, 3.05) is 12.8 Å². The molecule has 2 unspecified atom stereocenters. The van der Waals surface area contributed by atoms with Crippen molar-refractivity contribution >= 4 is 17.7 Å². The van der Waals surface area contributed by atoms with Crippen LogP contribution in [0.1, 0.15) is 36.5 Å². The van der Waals surface area contributed by atoms with Crippen LogP contribution >= 0.6 is 11.8 Å². The van der Waals surface area contributed by atoms with Gasteiger partial charge in [0.1, 0.15) is 0 Å². The molecule has 1 amide bonds. The van der Waals surface area contributed by atoms with E-state index in [4.69, 9.17) is 5.73 Å². The van der Waals surface area contributed by atoms with E-state index in [1.165, 1.54) is 11.3 Å². The third-order valence-corrected chi connectivity index (χ3v) is 4.50. The monoisotopic (exact) mass is 278 g/mol. The number of amides is 1. The van der Waals surface area contributed by atoms with Crippen molar-refractivity contribution in [1.82, 2.24) is 4.90 Å². The Morgan fingerprint density at radius 2 is 2.05 bits per heavy atom. The van der Waals surface area contributed by atoms with Crippen LogP contribution in [0.5, 0.6) is 0 Å². The lowest BCUT2D eigenvalue weighted by Crippen LogP contribution is -2.51. The Morgan fingerprint density at radius 3 is 2.63 bits per heavy atom. The number of hydrogen-bond donors (Lipinski definition) is 1. The molecule has 1 aromatic carbocycles. The molecule has 1 aliphatic heterocycles. The van der Waals surface area contributed by atoms with E-state index in [0.717, 1.165) is 24.9 Å². The van der Waals surface area contributed by atoms with E-state index in [0.29, 0.717) is 0 Å². The lowest BCUT2D eigenvalue weighted by Gasteiger charge is -2.38. The molecule has 2 rings (SSSR count). The number of carbonyl (C=O) groups excluding carboxylic acids is 1. The average molecular weight is 278 g/mol.